The molecule has 4 aromatic rings. The first kappa shape index (κ1) is 26.7. The lowest BCUT2D eigenvalue weighted by molar-refractivity contribution is 0.180. The molecule has 4 bridgehead atoms. The smallest absolute Gasteiger partial charge is 0.283 e. The summed E-state index contributed by atoms with van der Waals surface area (Å²) in [7, 11) is -2.36. The number of ether oxygens (including phenoxy) is 1. The summed E-state index contributed by atoms with van der Waals surface area (Å²) in [5.74, 6) is 0.723. The Morgan fingerprint density at radius 2 is 1.64 bits per heavy atom. The first-order chi connectivity index (χ1) is 18.3. The summed E-state index contributed by atoms with van der Waals surface area (Å²) < 4.78 is 37.0. The Morgan fingerprint density at radius 3 is 2.28 bits per heavy atom. The van der Waals surface area contributed by atoms with Crippen molar-refractivity contribution >= 4 is 21.8 Å². The summed E-state index contributed by atoms with van der Waals surface area (Å²) in [6, 6.07) is 17.3. The molecule has 0 fully saturated rings. The first-order valence-electron chi connectivity index (χ1n) is 12.9. The maximum absolute atomic E-state index is 13.2. The van der Waals surface area contributed by atoms with Gasteiger partial charge in [-0.1, -0.05) is 63.2 Å². The zero-order valence-corrected chi connectivity index (χ0v) is 24.1. The van der Waals surface area contributed by atoms with Crippen LogP contribution in [-0.4, -0.2) is 34.2 Å². The van der Waals surface area contributed by atoms with Crippen molar-refractivity contribution in [2.24, 2.45) is 7.05 Å². The molecule has 10 heteroatoms. The highest BCUT2D eigenvalue weighted by molar-refractivity contribution is 7.92. The Morgan fingerprint density at radius 1 is 0.974 bits per heavy atom. The minimum absolute atomic E-state index is 0.0138. The molecule has 1 aliphatic heterocycles. The van der Waals surface area contributed by atoms with Crippen molar-refractivity contribution in [3.63, 3.8) is 0 Å². The van der Waals surface area contributed by atoms with Gasteiger partial charge >= 0.3 is 0 Å². The molecule has 3 heterocycles. The zero-order valence-electron chi connectivity index (χ0n) is 23.3. The summed E-state index contributed by atoms with van der Waals surface area (Å²) in [5, 5.41) is 7.50. The van der Waals surface area contributed by atoms with E-state index in [1.54, 1.807) is 13.1 Å². The highest BCUT2D eigenvalue weighted by atomic mass is 32.2. The van der Waals surface area contributed by atoms with Crippen molar-refractivity contribution < 1.29 is 13.2 Å². The molecule has 2 aromatic carbocycles. The number of fused-ring (bicyclic) bond motifs is 4. The minimum Gasteiger partial charge on any atom is -0.467 e. The number of aryl methyl sites for hydroxylation is 3. The van der Waals surface area contributed by atoms with Crippen LogP contribution in [0.5, 0.6) is 5.88 Å². The lowest BCUT2D eigenvalue weighted by atomic mass is 9.86. The molecule has 2 atom stereocenters. The van der Waals surface area contributed by atoms with Crippen LogP contribution in [0.2, 0.25) is 0 Å². The van der Waals surface area contributed by atoms with E-state index in [1.165, 1.54) is 16.3 Å². The monoisotopic (exact) mass is 546 g/mol. The number of rotatable bonds is 2. The van der Waals surface area contributed by atoms with Crippen LogP contribution in [0.1, 0.15) is 56.1 Å². The largest absolute Gasteiger partial charge is 0.467 e. The number of hydrogen-bond acceptors (Lipinski definition) is 7. The normalized spacial score (nSPS) is 18.6. The first-order valence-corrected chi connectivity index (χ1v) is 14.4. The maximum Gasteiger partial charge on any atom is 0.283 e. The SMILES string of the molecule is Cc1cccc(C)c1-c1cc2nc(n1)NS(=O)(=O)c1cc(n(C)n1)N[C@H](C)[C@@H](c1ccc(C(C)(C)C)cc1)O2. The third-order valence-corrected chi connectivity index (χ3v) is 8.18. The molecule has 2 aromatic heterocycles. The quantitative estimate of drug-likeness (QED) is 0.340. The van der Waals surface area contributed by atoms with Gasteiger partial charge in [0.1, 0.15) is 11.9 Å². The fourth-order valence-corrected chi connectivity index (χ4v) is 5.76. The molecule has 0 amide bonds. The van der Waals surface area contributed by atoms with Crippen LogP contribution in [0.25, 0.3) is 11.3 Å². The Bertz CT molecular complexity index is 1620. The van der Waals surface area contributed by atoms with Gasteiger partial charge in [0.25, 0.3) is 10.0 Å². The van der Waals surface area contributed by atoms with Gasteiger partial charge in [-0.15, -0.1) is 0 Å². The van der Waals surface area contributed by atoms with E-state index in [0.29, 0.717) is 11.5 Å². The van der Waals surface area contributed by atoms with Crippen LogP contribution in [-0.2, 0) is 22.5 Å². The molecule has 0 unspecified atom stereocenters. The average Bonchev–Trinajstić information content (AvgIpc) is 3.22. The number of sulfonamides is 1. The summed E-state index contributed by atoms with van der Waals surface area (Å²) in [6.45, 7) is 12.5. The second-order valence-corrected chi connectivity index (χ2v) is 12.8. The number of hydrogen-bond donors (Lipinski definition) is 2. The number of nitrogens with zero attached hydrogens (tertiary/aromatic N) is 4. The third-order valence-electron chi connectivity index (χ3n) is 6.98. The molecule has 0 saturated heterocycles. The summed E-state index contributed by atoms with van der Waals surface area (Å²) >= 11 is 0. The fraction of sp³-hybridized carbons (Fsp3) is 0.345. The van der Waals surface area contributed by atoms with Crippen LogP contribution in [0.4, 0.5) is 11.8 Å². The van der Waals surface area contributed by atoms with Crippen molar-refractivity contribution in [3.8, 4) is 17.1 Å². The second kappa shape index (κ2) is 9.68. The summed E-state index contributed by atoms with van der Waals surface area (Å²) in [6.07, 6.45) is -0.457. The van der Waals surface area contributed by atoms with E-state index >= 15 is 0 Å². The molecule has 2 N–H and O–H groups in total. The fourth-order valence-electron chi connectivity index (χ4n) is 4.83. The van der Waals surface area contributed by atoms with Gasteiger partial charge in [-0.25, -0.2) is 9.71 Å². The predicted molar refractivity (Wildman–Crippen MR) is 153 cm³/mol. The Hall–Kier alpha value is -3.92. The third kappa shape index (κ3) is 5.34. The van der Waals surface area contributed by atoms with Crippen LogP contribution in [0.15, 0.2) is 59.6 Å². The molecular formula is C29H34N6O3S. The lowest BCUT2D eigenvalue weighted by Gasteiger charge is -2.28. The topological polar surface area (TPSA) is 111 Å². The molecule has 1 aliphatic rings. The van der Waals surface area contributed by atoms with Crippen LogP contribution < -0.4 is 14.8 Å². The lowest BCUT2D eigenvalue weighted by Crippen LogP contribution is -2.30. The van der Waals surface area contributed by atoms with E-state index in [9.17, 15) is 8.42 Å². The predicted octanol–water partition coefficient (Wildman–Crippen LogP) is 5.53. The van der Waals surface area contributed by atoms with Crippen molar-refractivity contribution in [3.05, 3.63) is 76.9 Å². The molecule has 5 rings (SSSR count). The van der Waals surface area contributed by atoms with Crippen molar-refractivity contribution in [2.75, 3.05) is 10.0 Å². The van der Waals surface area contributed by atoms with Crippen LogP contribution in [0, 0.1) is 13.8 Å². The molecule has 0 aliphatic carbocycles. The van der Waals surface area contributed by atoms with E-state index in [0.717, 1.165) is 22.3 Å². The maximum atomic E-state index is 13.2. The van der Waals surface area contributed by atoms with Crippen LogP contribution >= 0.6 is 0 Å². The van der Waals surface area contributed by atoms with Crippen molar-refractivity contribution in [1.29, 1.82) is 0 Å². The Balaban J connectivity index is 1.68. The highest BCUT2D eigenvalue weighted by Crippen LogP contribution is 2.34. The van der Waals surface area contributed by atoms with Gasteiger partial charge in [0.05, 0.1) is 11.7 Å². The molecule has 39 heavy (non-hydrogen) atoms. The molecule has 9 nitrogen and oxygen atoms in total. The van der Waals surface area contributed by atoms with Crippen molar-refractivity contribution in [1.82, 2.24) is 19.7 Å². The van der Waals surface area contributed by atoms with E-state index in [4.69, 9.17) is 4.74 Å². The molecule has 0 radical (unpaired) electrons. The van der Waals surface area contributed by atoms with Crippen LogP contribution in [0.3, 0.4) is 0 Å². The van der Waals surface area contributed by atoms with Gasteiger partial charge in [0.2, 0.25) is 11.8 Å². The van der Waals surface area contributed by atoms with Gasteiger partial charge in [-0.05, 0) is 48.4 Å². The highest BCUT2D eigenvalue weighted by Gasteiger charge is 2.29. The number of aromatic nitrogens is 4. The summed E-state index contributed by atoms with van der Waals surface area (Å²) in [5.41, 5.74) is 5.66. The van der Waals surface area contributed by atoms with E-state index in [2.05, 4.69) is 70.1 Å². The van der Waals surface area contributed by atoms with Gasteiger partial charge in [0, 0.05) is 24.7 Å². The molecule has 204 valence electrons. The Kier molecular flexibility index (Phi) is 6.62. The zero-order chi connectivity index (χ0) is 28.1. The minimum atomic E-state index is -4.05. The van der Waals surface area contributed by atoms with Gasteiger partial charge in [-0.3, -0.25) is 4.68 Å². The Labute approximate surface area is 229 Å². The van der Waals surface area contributed by atoms with E-state index in [1.807, 2.05) is 39.0 Å². The van der Waals surface area contributed by atoms with Crippen molar-refractivity contribution in [2.45, 2.75) is 64.1 Å². The number of benzene rings is 2. The molecule has 0 saturated carbocycles. The number of anilines is 2. The second-order valence-electron chi connectivity index (χ2n) is 11.1. The van der Waals surface area contributed by atoms with Gasteiger partial charge in [0.15, 0.2) is 5.03 Å². The van der Waals surface area contributed by atoms with E-state index in [-0.39, 0.29) is 28.3 Å². The average molecular weight is 547 g/mol. The standard InChI is InChI=1S/C29H34N6O3S/c1-17-9-8-10-18(2)26(17)22-15-24-32-28(31-22)34-39(36,37)25-16-23(35(7)33-25)30-19(3)27(38-24)20-11-13-21(14-12-20)29(4,5)6/h8-16,19,27,30H,1-7H3,(H,31,32,34)/t19-,27+/m1/s1. The molecule has 0 spiro atoms. The number of nitrogens with one attached hydrogen (secondary N) is 2. The van der Waals surface area contributed by atoms with E-state index < -0.39 is 16.1 Å². The van der Waals surface area contributed by atoms with Gasteiger partial charge < -0.3 is 10.1 Å². The summed E-state index contributed by atoms with van der Waals surface area (Å²) in [4.78, 5) is 9.06. The van der Waals surface area contributed by atoms with Gasteiger partial charge in [-0.2, -0.15) is 18.5 Å². The molecular weight excluding hydrogens is 512 g/mol.